The van der Waals surface area contributed by atoms with E-state index in [0.717, 1.165) is 50.0 Å². The van der Waals surface area contributed by atoms with Gasteiger partial charge < -0.3 is 10.1 Å². The first-order chi connectivity index (χ1) is 10.2. The van der Waals surface area contributed by atoms with E-state index in [-0.39, 0.29) is 15.5 Å². The van der Waals surface area contributed by atoms with E-state index >= 15 is 0 Å². The predicted octanol–water partition coefficient (Wildman–Crippen LogP) is 2.28. The fraction of sp³-hybridized carbons (Fsp3) is 0.692. The molecule has 0 amide bonds. The van der Waals surface area contributed by atoms with Crippen LogP contribution in [0.1, 0.15) is 6.42 Å². The van der Waals surface area contributed by atoms with Crippen molar-refractivity contribution in [3.8, 4) is 0 Å². The van der Waals surface area contributed by atoms with Gasteiger partial charge >= 0.3 is 5.00 Å². The number of hydrogen-bond acceptors (Lipinski definition) is 7. The summed E-state index contributed by atoms with van der Waals surface area (Å²) in [5.41, 5.74) is 0.160. The van der Waals surface area contributed by atoms with Crippen molar-refractivity contribution in [1.82, 2.24) is 4.90 Å². The molecule has 2 saturated heterocycles. The van der Waals surface area contributed by atoms with E-state index in [0.29, 0.717) is 0 Å². The number of nitro groups is 1. The molecule has 1 aromatic rings. The van der Waals surface area contributed by atoms with Crippen molar-refractivity contribution in [1.29, 1.82) is 0 Å². The van der Waals surface area contributed by atoms with Crippen LogP contribution in [0.3, 0.4) is 0 Å². The molecule has 1 atom stereocenters. The molecule has 3 heterocycles. The standard InChI is InChI=1S/C13H19N3O3S2/c17-16(18)12-2-1-11(21-12)14-9-13(3-8-20-10-13)15-4-6-19-7-5-15/h1-2,14H,3-10H2. The maximum Gasteiger partial charge on any atom is 0.326 e. The van der Waals surface area contributed by atoms with E-state index in [2.05, 4.69) is 10.2 Å². The molecule has 6 nitrogen and oxygen atoms in total. The smallest absolute Gasteiger partial charge is 0.326 e. The van der Waals surface area contributed by atoms with Crippen molar-refractivity contribution >= 4 is 33.1 Å². The summed E-state index contributed by atoms with van der Waals surface area (Å²) in [6.07, 6.45) is 1.16. The van der Waals surface area contributed by atoms with Gasteiger partial charge in [0, 0.05) is 37.0 Å². The molecule has 0 spiro atoms. The zero-order chi connectivity index (χ0) is 14.7. The number of nitrogens with zero attached hydrogens (tertiary/aromatic N) is 2. The van der Waals surface area contributed by atoms with Gasteiger partial charge in [0.25, 0.3) is 0 Å². The summed E-state index contributed by atoms with van der Waals surface area (Å²) in [7, 11) is 0. The first-order valence-electron chi connectivity index (χ1n) is 7.08. The van der Waals surface area contributed by atoms with Crippen molar-refractivity contribution < 1.29 is 9.66 Å². The molecule has 1 unspecified atom stereocenters. The number of nitrogens with one attached hydrogen (secondary N) is 1. The highest BCUT2D eigenvalue weighted by Crippen LogP contribution is 2.35. The Hall–Kier alpha value is -0.830. The molecule has 1 aromatic heterocycles. The predicted molar refractivity (Wildman–Crippen MR) is 86.5 cm³/mol. The van der Waals surface area contributed by atoms with Crippen LogP contribution < -0.4 is 5.32 Å². The Morgan fingerprint density at radius 2 is 2.24 bits per heavy atom. The number of hydrogen-bond donors (Lipinski definition) is 1. The van der Waals surface area contributed by atoms with Gasteiger partial charge in [-0.15, -0.1) is 0 Å². The Labute approximate surface area is 132 Å². The van der Waals surface area contributed by atoms with Gasteiger partial charge in [0.1, 0.15) is 0 Å². The lowest BCUT2D eigenvalue weighted by Gasteiger charge is -2.43. The van der Waals surface area contributed by atoms with Crippen LogP contribution in [0, 0.1) is 10.1 Å². The van der Waals surface area contributed by atoms with E-state index in [1.165, 1.54) is 17.1 Å². The average Bonchev–Trinajstić information content (AvgIpc) is 3.16. The molecule has 0 radical (unpaired) electrons. The molecule has 2 fully saturated rings. The topological polar surface area (TPSA) is 67.6 Å². The molecule has 1 N–H and O–H groups in total. The zero-order valence-electron chi connectivity index (χ0n) is 11.7. The summed E-state index contributed by atoms with van der Waals surface area (Å²) < 4.78 is 5.45. The lowest BCUT2D eigenvalue weighted by atomic mass is 9.95. The SMILES string of the molecule is O=[N+]([O-])c1ccc(NCC2(N3CCOCC3)CCSC2)s1. The summed E-state index contributed by atoms with van der Waals surface area (Å²) in [6, 6.07) is 3.37. The Kier molecular flexibility index (Phi) is 4.68. The van der Waals surface area contributed by atoms with Crippen LogP contribution >= 0.6 is 23.1 Å². The Balaban J connectivity index is 1.65. The van der Waals surface area contributed by atoms with Crippen LogP contribution in [-0.4, -0.2) is 59.7 Å². The monoisotopic (exact) mass is 329 g/mol. The van der Waals surface area contributed by atoms with Crippen LogP contribution in [0.5, 0.6) is 0 Å². The number of thiophene rings is 1. The number of ether oxygens (including phenoxy) is 1. The minimum atomic E-state index is -0.334. The van der Waals surface area contributed by atoms with Gasteiger partial charge in [0.2, 0.25) is 0 Å². The summed E-state index contributed by atoms with van der Waals surface area (Å²) in [5, 5.41) is 15.2. The number of morpholine rings is 1. The third-order valence-corrected chi connectivity index (χ3v) is 6.36. The molecule has 0 aliphatic carbocycles. The van der Waals surface area contributed by atoms with E-state index in [9.17, 15) is 10.1 Å². The van der Waals surface area contributed by atoms with E-state index in [1.54, 1.807) is 12.1 Å². The molecule has 8 heteroatoms. The van der Waals surface area contributed by atoms with E-state index in [1.807, 2.05) is 11.8 Å². The summed E-state index contributed by atoms with van der Waals surface area (Å²) in [4.78, 5) is 12.9. The molecule has 2 aliphatic heterocycles. The normalized spacial score (nSPS) is 26.9. The van der Waals surface area contributed by atoms with Crippen molar-refractivity contribution in [2.45, 2.75) is 12.0 Å². The zero-order valence-corrected chi connectivity index (χ0v) is 13.4. The number of thioether (sulfide) groups is 1. The van der Waals surface area contributed by atoms with Crippen LogP contribution in [0.15, 0.2) is 12.1 Å². The maximum absolute atomic E-state index is 10.7. The molecular formula is C13H19N3O3S2. The molecule has 21 heavy (non-hydrogen) atoms. The van der Waals surface area contributed by atoms with Crippen molar-refractivity contribution in [3.05, 3.63) is 22.2 Å². The molecule has 116 valence electrons. The Morgan fingerprint density at radius 3 is 2.86 bits per heavy atom. The number of rotatable bonds is 5. The molecule has 0 bridgehead atoms. The fourth-order valence-corrected chi connectivity index (χ4v) is 5.10. The molecule has 2 aliphatic rings. The third-order valence-electron chi connectivity index (χ3n) is 4.13. The van der Waals surface area contributed by atoms with E-state index in [4.69, 9.17) is 4.74 Å². The molecule has 0 aromatic carbocycles. The van der Waals surface area contributed by atoms with Crippen LogP contribution in [0.25, 0.3) is 0 Å². The second-order valence-corrected chi connectivity index (χ2v) is 7.54. The van der Waals surface area contributed by atoms with Gasteiger partial charge in [-0.05, 0) is 29.6 Å². The highest BCUT2D eigenvalue weighted by Gasteiger charge is 2.40. The summed E-state index contributed by atoms with van der Waals surface area (Å²) >= 11 is 3.20. The van der Waals surface area contributed by atoms with Crippen LogP contribution in [-0.2, 0) is 4.74 Å². The highest BCUT2D eigenvalue weighted by molar-refractivity contribution is 7.99. The quantitative estimate of drug-likeness (QED) is 0.660. The second kappa shape index (κ2) is 6.51. The minimum absolute atomic E-state index is 0.160. The van der Waals surface area contributed by atoms with Gasteiger partial charge in [-0.3, -0.25) is 15.0 Å². The van der Waals surface area contributed by atoms with Gasteiger partial charge in [-0.2, -0.15) is 11.8 Å². The first kappa shape index (κ1) is 15.1. The van der Waals surface area contributed by atoms with Gasteiger partial charge in [0.05, 0.1) is 23.1 Å². The lowest BCUT2D eigenvalue weighted by Crippen LogP contribution is -2.57. The largest absolute Gasteiger partial charge is 0.379 e. The minimum Gasteiger partial charge on any atom is -0.379 e. The highest BCUT2D eigenvalue weighted by atomic mass is 32.2. The van der Waals surface area contributed by atoms with Crippen molar-refractivity contribution in [3.63, 3.8) is 0 Å². The Bertz CT molecular complexity index is 497. The molecule has 3 rings (SSSR count). The fourth-order valence-electron chi connectivity index (χ4n) is 2.91. The van der Waals surface area contributed by atoms with Gasteiger partial charge in [-0.1, -0.05) is 0 Å². The van der Waals surface area contributed by atoms with Crippen molar-refractivity contribution in [2.24, 2.45) is 0 Å². The molecule has 0 saturated carbocycles. The van der Waals surface area contributed by atoms with Crippen LogP contribution in [0.2, 0.25) is 0 Å². The van der Waals surface area contributed by atoms with Gasteiger partial charge in [-0.25, -0.2) is 0 Å². The molecular weight excluding hydrogens is 310 g/mol. The first-order valence-corrected chi connectivity index (χ1v) is 9.05. The summed E-state index contributed by atoms with van der Waals surface area (Å²) in [5.74, 6) is 2.30. The third kappa shape index (κ3) is 3.33. The average molecular weight is 329 g/mol. The maximum atomic E-state index is 10.7. The second-order valence-electron chi connectivity index (χ2n) is 5.37. The lowest BCUT2D eigenvalue weighted by molar-refractivity contribution is -0.380. The number of anilines is 1. The summed E-state index contributed by atoms with van der Waals surface area (Å²) in [6.45, 7) is 4.41. The van der Waals surface area contributed by atoms with Crippen LogP contribution in [0.4, 0.5) is 10.0 Å². The van der Waals surface area contributed by atoms with Crippen molar-refractivity contribution in [2.75, 3.05) is 49.7 Å². The Morgan fingerprint density at radius 1 is 1.43 bits per heavy atom. The van der Waals surface area contributed by atoms with Gasteiger partial charge in [0.15, 0.2) is 0 Å². The van der Waals surface area contributed by atoms with E-state index < -0.39 is 0 Å².